The summed E-state index contributed by atoms with van der Waals surface area (Å²) in [6.45, 7) is 5.47. The number of carbonyl (C=O) groups excluding carboxylic acids is 1. The summed E-state index contributed by atoms with van der Waals surface area (Å²) in [5.74, 6) is 0.490. The lowest BCUT2D eigenvalue weighted by Crippen LogP contribution is -2.02. The minimum atomic E-state index is -0.379. The molecule has 0 fully saturated rings. The van der Waals surface area contributed by atoms with E-state index in [1.54, 1.807) is 12.1 Å². The Labute approximate surface area is 89.7 Å². The molecule has 0 aliphatic heterocycles. The van der Waals surface area contributed by atoms with Crippen molar-refractivity contribution in [1.82, 2.24) is 0 Å². The molecule has 1 aromatic carbocycles. The lowest BCUT2D eigenvalue weighted by molar-refractivity contribution is -0.131. The quantitative estimate of drug-likeness (QED) is 0.613. The van der Waals surface area contributed by atoms with Crippen molar-refractivity contribution < 1.29 is 14.6 Å². The number of rotatable bonds is 3. The van der Waals surface area contributed by atoms with Gasteiger partial charge in [-0.05, 0) is 30.0 Å². The molecule has 0 aliphatic carbocycles. The highest BCUT2D eigenvalue weighted by atomic mass is 16.5. The summed E-state index contributed by atoms with van der Waals surface area (Å²) in [7, 11) is 0. The first-order valence-corrected chi connectivity index (χ1v) is 5.05. The van der Waals surface area contributed by atoms with E-state index in [1.807, 2.05) is 0 Å². The molecule has 82 valence electrons. The maximum absolute atomic E-state index is 10.8. The fourth-order valence-electron chi connectivity index (χ4n) is 1.35. The normalized spacial score (nSPS) is 12.2. The molecule has 0 radical (unpaired) electrons. The second-order valence-electron chi connectivity index (χ2n) is 3.66. The molecule has 0 amide bonds. The number of aromatic hydroxyl groups is 1. The molecule has 1 aromatic rings. The van der Waals surface area contributed by atoms with E-state index in [1.165, 1.54) is 13.0 Å². The van der Waals surface area contributed by atoms with Crippen molar-refractivity contribution in [1.29, 1.82) is 0 Å². The second kappa shape index (κ2) is 4.82. The zero-order chi connectivity index (χ0) is 11.4. The summed E-state index contributed by atoms with van der Waals surface area (Å²) in [6, 6.07) is 4.92. The Bertz CT molecular complexity index is 358. The Morgan fingerprint density at radius 1 is 1.47 bits per heavy atom. The number of phenolic OH excluding ortho intramolecular Hbond substituents is 1. The predicted molar refractivity (Wildman–Crippen MR) is 58.1 cm³/mol. The van der Waals surface area contributed by atoms with Crippen molar-refractivity contribution in [3.8, 4) is 11.5 Å². The van der Waals surface area contributed by atoms with E-state index in [0.717, 1.165) is 12.0 Å². The van der Waals surface area contributed by atoms with E-state index in [-0.39, 0.29) is 11.7 Å². The van der Waals surface area contributed by atoms with Crippen LogP contribution in [0.3, 0.4) is 0 Å². The molecule has 1 N–H and O–H groups in total. The molecular weight excluding hydrogens is 192 g/mol. The van der Waals surface area contributed by atoms with Gasteiger partial charge in [0.15, 0.2) is 0 Å². The van der Waals surface area contributed by atoms with Crippen LogP contribution in [0.25, 0.3) is 0 Å². The first kappa shape index (κ1) is 11.6. The van der Waals surface area contributed by atoms with E-state index in [0.29, 0.717) is 11.7 Å². The van der Waals surface area contributed by atoms with Crippen LogP contribution in [0.15, 0.2) is 18.2 Å². The molecular formula is C12H16O3. The van der Waals surface area contributed by atoms with Gasteiger partial charge in [-0.25, -0.2) is 0 Å². The monoisotopic (exact) mass is 208 g/mol. The second-order valence-corrected chi connectivity index (χ2v) is 3.66. The van der Waals surface area contributed by atoms with Crippen molar-refractivity contribution >= 4 is 5.97 Å². The van der Waals surface area contributed by atoms with E-state index in [2.05, 4.69) is 13.8 Å². The fourth-order valence-corrected chi connectivity index (χ4v) is 1.35. The van der Waals surface area contributed by atoms with Crippen LogP contribution < -0.4 is 4.74 Å². The maximum atomic E-state index is 10.8. The summed E-state index contributed by atoms with van der Waals surface area (Å²) in [5, 5.41) is 9.46. The number of hydrogen-bond acceptors (Lipinski definition) is 3. The van der Waals surface area contributed by atoms with Crippen LogP contribution in [0.4, 0.5) is 0 Å². The van der Waals surface area contributed by atoms with Gasteiger partial charge in [-0.1, -0.05) is 13.8 Å². The van der Waals surface area contributed by atoms with Gasteiger partial charge in [0.25, 0.3) is 0 Å². The van der Waals surface area contributed by atoms with Gasteiger partial charge in [-0.3, -0.25) is 4.79 Å². The molecule has 15 heavy (non-hydrogen) atoms. The van der Waals surface area contributed by atoms with Gasteiger partial charge >= 0.3 is 5.97 Å². The van der Waals surface area contributed by atoms with Gasteiger partial charge in [0.1, 0.15) is 11.5 Å². The molecule has 0 saturated heterocycles. The van der Waals surface area contributed by atoms with Gasteiger partial charge in [0, 0.05) is 13.0 Å². The molecule has 0 spiro atoms. The largest absolute Gasteiger partial charge is 0.508 e. The van der Waals surface area contributed by atoms with Crippen LogP contribution in [0, 0.1) is 0 Å². The van der Waals surface area contributed by atoms with E-state index < -0.39 is 0 Å². The Hall–Kier alpha value is -1.51. The third-order valence-corrected chi connectivity index (χ3v) is 2.36. The van der Waals surface area contributed by atoms with Crippen LogP contribution in [-0.4, -0.2) is 11.1 Å². The molecule has 3 nitrogen and oxygen atoms in total. The van der Waals surface area contributed by atoms with Gasteiger partial charge in [0.05, 0.1) is 0 Å². The lowest BCUT2D eigenvalue weighted by atomic mass is 9.98. The summed E-state index contributed by atoms with van der Waals surface area (Å²) >= 11 is 0. The van der Waals surface area contributed by atoms with E-state index >= 15 is 0 Å². The lowest BCUT2D eigenvalue weighted by Gasteiger charge is -2.11. The number of esters is 1. The highest BCUT2D eigenvalue weighted by molar-refractivity contribution is 5.69. The van der Waals surface area contributed by atoms with Gasteiger partial charge in [-0.15, -0.1) is 0 Å². The Kier molecular flexibility index (Phi) is 3.72. The van der Waals surface area contributed by atoms with Gasteiger partial charge in [-0.2, -0.15) is 0 Å². The SMILES string of the molecule is CCC(C)c1cc(O)cc(OC(C)=O)c1. The number of ether oxygens (including phenoxy) is 1. The zero-order valence-corrected chi connectivity index (χ0v) is 9.28. The number of phenols is 1. The zero-order valence-electron chi connectivity index (χ0n) is 9.28. The van der Waals surface area contributed by atoms with Crippen LogP contribution in [0.1, 0.15) is 38.7 Å². The minimum Gasteiger partial charge on any atom is -0.508 e. The highest BCUT2D eigenvalue weighted by Crippen LogP contribution is 2.28. The molecule has 0 aromatic heterocycles. The molecule has 3 heteroatoms. The minimum absolute atomic E-state index is 0.129. The Morgan fingerprint density at radius 2 is 2.13 bits per heavy atom. The Balaban J connectivity index is 2.99. The average molecular weight is 208 g/mol. The topological polar surface area (TPSA) is 46.5 Å². The molecule has 0 heterocycles. The van der Waals surface area contributed by atoms with Gasteiger partial charge in [0.2, 0.25) is 0 Å². The molecule has 0 saturated carbocycles. The summed E-state index contributed by atoms with van der Waals surface area (Å²) < 4.78 is 4.93. The van der Waals surface area contributed by atoms with E-state index in [9.17, 15) is 9.90 Å². The van der Waals surface area contributed by atoms with Gasteiger partial charge < -0.3 is 9.84 Å². The standard InChI is InChI=1S/C12H16O3/c1-4-8(2)10-5-11(14)7-12(6-10)15-9(3)13/h5-8,14H,4H2,1-3H3. The number of carbonyl (C=O) groups is 1. The van der Waals surface area contributed by atoms with Crippen molar-refractivity contribution in [2.24, 2.45) is 0 Å². The van der Waals surface area contributed by atoms with E-state index in [4.69, 9.17) is 4.74 Å². The first-order chi connectivity index (χ1) is 7.02. The first-order valence-electron chi connectivity index (χ1n) is 5.05. The fraction of sp³-hybridized carbons (Fsp3) is 0.417. The Morgan fingerprint density at radius 3 is 2.67 bits per heavy atom. The molecule has 1 unspecified atom stereocenters. The number of benzene rings is 1. The average Bonchev–Trinajstić information content (AvgIpc) is 2.14. The summed E-state index contributed by atoms with van der Waals surface area (Å²) in [5.41, 5.74) is 0.980. The molecule has 0 aliphatic rings. The third kappa shape index (κ3) is 3.27. The predicted octanol–water partition coefficient (Wildman–Crippen LogP) is 2.83. The van der Waals surface area contributed by atoms with Crippen LogP contribution >= 0.6 is 0 Å². The van der Waals surface area contributed by atoms with Crippen molar-refractivity contribution in [3.63, 3.8) is 0 Å². The highest BCUT2D eigenvalue weighted by Gasteiger charge is 2.08. The summed E-state index contributed by atoms with van der Waals surface area (Å²) in [4.78, 5) is 10.8. The third-order valence-electron chi connectivity index (χ3n) is 2.36. The molecule has 1 rings (SSSR count). The smallest absolute Gasteiger partial charge is 0.308 e. The molecule has 1 atom stereocenters. The maximum Gasteiger partial charge on any atom is 0.308 e. The molecule has 0 bridgehead atoms. The van der Waals surface area contributed by atoms with Crippen LogP contribution in [0.5, 0.6) is 11.5 Å². The van der Waals surface area contributed by atoms with Crippen molar-refractivity contribution in [3.05, 3.63) is 23.8 Å². The number of hydrogen-bond donors (Lipinski definition) is 1. The van der Waals surface area contributed by atoms with Crippen molar-refractivity contribution in [2.75, 3.05) is 0 Å². The van der Waals surface area contributed by atoms with Crippen molar-refractivity contribution in [2.45, 2.75) is 33.1 Å². The summed E-state index contributed by atoms with van der Waals surface area (Å²) in [6.07, 6.45) is 0.975. The van der Waals surface area contributed by atoms with Crippen LogP contribution in [-0.2, 0) is 4.79 Å². The van der Waals surface area contributed by atoms with Crippen LogP contribution in [0.2, 0.25) is 0 Å².